The zero-order valence-corrected chi connectivity index (χ0v) is 16.6. The van der Waals surface area contributed by atoms with Crippen LogP contribution in [0.3, 0.4) is 0 Å². The molecule has 0 aliphatic rings. The van der Waals surface area contributed by atoms with E-state index in [1.165, 1.54) is 0 Å². The van der Waals surface area contributed by atoms with Gasteiger partial charge < -0.3 is 10.4 Å². The second kappa shape index (κ2) is 9.09. The minimum absolute atomic E-state index is 0.202. The molecule has 29 heavy (non-hydrogen) atoms. The Bertz CT molecular complexity index is 1130. The fourth-order valence-corrected chi connectivity index (χ4v) is 3.65. The molecule has 0 aliphatic carbocycles. The summed E-state index contributed by atoms with van der Waals surface area (Å²) in [6.07, 6.45) is 0. The summed E-state index contributed by atoms with van der Waals surface area (Å²) in [7, 11) is -7.08. The topological polar surface area (TPSA) is 172 Å². The van der Waals surface area contributed by atoms with Crippen LogP contribution in [0.5, 0.6) is 0 Å². The molecule has 0 aliphatic heterocycles. The molecule has 2 aromatic carbocycles. The Morgan fingerprint density at radius 2 is 1.72 bits per heavy atom. The van der Waals surface area contributed by atoms with Gasteiger partial charge in [0.15, 0.2) is 9.84 Å². The first-order valence-corrected chi connectivity index (χ1v) is 10.9. The van der Waals surface area contributed by atoms with Crippen LogP contribution in [0.25, 0.3) is 0 Å². The van der Waals surface area contributed by atoms with E-state index in [2.05, 4.69) is 19.7 Å². The van der Waals surface area contributed by atoms with Gasteiger partial charge in [-0.15, -0.1) is 5.11 Å². The molecule has 0 saturated heterocycles. The van der Waals surface area contributed by atoms with Crippen molar-refractivity contribution in [1.29, 1.82) is 0 Å². The van der Waals surface area contributed by atoms with Gasteiger partial charge in [-0.2, -0.15) is 13.5 Å². The lowest BCUT2D eigenvalue weighted by molar-refractivity contribution is 0.0697. The lowest BCUT2D eigenvalue weighted by Crippen LogP contribution is -2.15. The summed E-state index contributed by atoms with van der Waals surface area (Å²) < 4.78 is 58.2. The zero-order chi connectivity index (χ0) is 21.7. The van der Waals surface area contributed by atoms with Gasteiger partial charge in [-0.05, 0) is 42.5 Å². The van der Waals surface area contributed by atoms with E-state index in [1.54, 1.807) is 31.3 Å². The number of anilines is 1. The maximum atomic E-state index is 12.3. The number of nitrogens with one attached hydrogen (secondary N) is 1. The highest BCUT2D eigenvalue weighted by atomic mass is 32.3. The summed E-state index contributed by atoms with van der Waals surface area (Å²) in [6, 6.07) is 9.82. The number of hydrogen-bond donors (Lipinski definition) is 3. The Hall–Kier alpha value is -2.87. The molecule has 0 fully saturated rings. The number of carboxylic acid groups (broad SMARTS) is 1. The lowest BCUT2D eigenvalue weighted by Gasteiger charge is -2.07. The first-order chi connectivity index (χ1) is 13.5. The van der Waals surface area contributed by atoms with Gasteiger partial charge in [-0.3, -0.25) is 4.55 Å². The number of carboxylic acids is 1. The average molecular weight is 443 g/mol. The maximum absolute atomic E-state index is 12.3. The van der Waals surface area contributed by atoms with Crippen molar-refractivity contribution >= 4 is 43.3 Å². The van der Waals surface area contributed by atoms with Crippen LogP contribution in [0.4, 0.5) is 17.1 Å². The summed E-state index contributed by atoms with van der Waals surface area (Å²) >= 11 is 0. The van der Waals surface area contributed by atoms with E-state index in [0.29, 0.717) is 5.69 Å². The molecule has 2 aromatic rings. The molecule has 0 atom stereocenters. The van der Waals surface area contributed by atoms with E-state index >= 15 is 0 Å². The maximum Gasteiger partial charge on any atom is 0.397 e. The quantitative estimate of drug-likeness (QED) is 0.388. The Kier molecular flexibility index (Phi) is 7.02. The highest BCUT2D eigenvalue weighted by Gasteiger charge is 2.20. The molecular formula is C16H17N3O8S2. The molecule has 0 aromatic heterocycles. The van der Waals surface area contributed by atoms with Crippen LogP contribution in [0.1, 0.15) is 10.4 Å². The number of benzene rings is 2. The van der Waals surface area contributed by atoms with Crippen LogP contribution in [0, 0.1) is 0 Å². The van der Waals surface area contributed by atoms with Crippen molar-refractivity contribution in [2.45, 2.75) is 4.90 Å². The van der Waals surface area contributed by atoms with Gasteiger partial charge in [0.25, 0.3) is 0 Å². The van der Waals surface area contributed by atoms with E-state index in [4.69, 9.17) is 4.55 Å². The minimum atomic E-state index is -4.78. The van der Waals surface area contributed by atoms with Crippen molar-refractivity contribution in [3.05, 3.63) is 48.0 Å². The van der Waals surface area contributed by atoms with Crippen LogP contribution < -0.4 is 5.32 Å². The summed E-state index contributed by atoms with van der Waals surface area (Å²) in [5.74, 6) is -2.09. The largest absolute Gasteiger partial charge is 0.478 e. The molecule has 0 amide bonds. The van der Waals surface area contributed by atoms with Gasteiger partial charge in [0.2, 0.25) is 0 Å². The molecule has 0 radical (unpaired) electrons. The fraction of sp³-hybridized carbons (Fsp3) is 0.188. The van der Waals surface area contributed by atoms with Crippen molar-refractivity contribution in [3.8, 4) is 0 Å². The molecule has 0 heterocycles. The molecule has 0 spiro atoms. The summed E-state index contributed by atoms with van der Waals surface area (Å²) in [5.41, 5.74) is 0.770. The number of carbonyl (C=O) groups is 1. The van der Waals surface area contributed by atoms with Crippen LogP contribution in [0.2, 0.25) is 0 Å². The Balaban J connectivity index is 2.32. The SMILES string of the molecule is CNc1ccc(/N=N/c2cc(S(=O)(=O)CCOS(=O)(=O)O)ccc2C(=O)O)cc1. The number of azo groups is 1. The number of hydrogen-bond acceptors (Lipinski definition) is 9. The summed E-state index contributed by atoms with van der Waals surface area (Å²) in [5, 5.41) is 20.0. The van der Waals surface area contributed by atoms with Crippen LogP contribution in [-0.4, -0.2) is 51.9 Å². The molecule has 13 heteroatoms. The van der Waals surface area contributed by atoms with Gasteiger partial charge in [-0.25, -0.2) is 17.4 Å². The molecule has 2 rings (SSSR count). The van der Waals surface area contributed by atoms with Gasteiger partial charge in [0.1, 0.15) is 5.69 Å². The molecular weight excluding hydrogens is 426 g/mol. The monoisotopic (exact) mass is 443 g/mol. The molecule has 0 bridgehead atoms. The average Bonchev–Trinajstić information content (AvgIpc) is 2.65. The van der Waals surface area contributed by atoms with E-state index in [1.807, 2.05) is 0 Å². The third kappa shape index (κ3) is 6.60. The highest BCUT2D eigenvalue weighted by molar-refractivity contribution is 7.91. The third-order valence-electron chi connectivity index (χ3n) is 3.57. The highest BCUT2D eigenvalue weighted by Crippen LogP contribution is 2.27. The molecule has 156 valence electrons. The summed E-state index contributed by atoms with van der Waals surface area (Å²) in [4.78, 5) is 11.1. The number of sulfone groups is 1. The number of nitrogens with zero attached hydrogens (tertiary/aromatic N) is 2. The first kappa shape index (κ1) is 22.4. The van der Waals surface area contributed by atoms with Gasteiger partial charge in [-0.1, -0.05) is 0 Å². The van der Waals surface area contributed by atoms with Crippen molar-refractivity contribution in [3.63, 3.8) is 0 Å². The Labute approximate surface area is 166 Å². The molecule has 11 nitrogen and oxygen atoms in total. The molecule has 0 saturated carbocycles. The Morgan fingerprint density at radius 3 is 2.28 bits per heavy atom. The van der Waals surface area contributed by atoms with Crippen LogP contribution >= 0.6 is 0 Å². The van der Waals surface area contributed by atoms with Crippen LogP contribution in [-0.2, 0) is 24.4 Å². The smallest absolute Gasteiger partial charge is 0.397 e. The van der Waals surface area contributed by atoms with Gasteiger partial charge in [0.05, 0.1) is 28.5 Å². The zero-order valence-electron chi connectivity index (χ0n) is 15.0. The predicted molar refractivity (Wildman–Crippen MR) is 103 cm³/mol. The Morgan fingerprint density at radius 1 is 1.07 bits per heavy atom. The second-order valence-electron chi connectivity index (χ2n) is 5.55. The minimum Gasteiger partial charge on any atom is -0.478 e. The van der Waals surface area contributed by atoms with Crippen molar-refractivity contribution in [2.24, 2.45) is 10.2 Å². The van der Waals surface area contributed by atoms with E-state index < -0.39 is 38.6 Å². The van der Waals surface area contributed by atoms with Crippen LogP contribution in [0.15, 0.2) is 57.6 Å². The van der Waals surface area contributed by atoms with E-state index in [9.17, 15) is 26.7 Å². The summed E-state index contributed by atoms with van der Waals surface area (Å²) in [6.45, 7) is -0.809. The second-order valence-corrected chi connectivity index (χ2v) is 8.75. The standard InChI is InChI=1S/C16H17N3O8S2/c1-17-11-2-4-12(5-3-11)18-19-15-10-13(6-7-14(15)16(20)21)28(22,23)9-8-27-29(24,25)26/h2-7,10,17H,8-9H2,1H3,(H,20,21)(H,24,25,26)/b19-18+. The predicted octanol–water partition coefficient (Wildman–Crippen LogP) is 2.44. The first-order valence-electron chi connectivity index (χ1n) is 7.93. The number of aromatic carboxylic acids is 1. The third-order valence-corrected chi connectivity index (χ3v) is 5.71. The van der Waals surface area contributed by atoms with Gasteiger partial charge in [0, 0.05) is 12.7 Å². The van der Waals surface area contributed by atoms with E-state index in [0.717, 1.165) is 23.9 Å². The normalized spacial score (nSPS) is 12.2. The van der Waals surface area contributed by atoms with E-state index in [-0.39, 0.29) is 16.1 Å². The van der Waals surface area contributed by atoms with Crippen molar-refractivity contribution < 1.29 is 35.5 Å². The van der Waals surface area contributed by atoms with Crippen molar-refractivity contribution in [1.82, 2.24) is 0 Å². The molecule has 3 N–H and O–H groups in total. The lowest BCUT2D eigenvalue weighted by atomic mass is 10.2. The van der Waals surface area contributed by atoms with Crippen molar-refractivity contribution in [2.75, 3.05) is 24.7 Å². The molecule has 0 unspecified atom stereocenters. The van der Waals surface area contributed by atoms with Gasteiger partial charge >= 0.3 is 16.4 Å². The fourth-order valence-electron chi connectivity index (χ4n) is 2.14. The number of rotatable bonds is 9.